The highest BCUT2D eigenvalue weighted by Gasteiger charge is 2.13. The Morgan fingerprint density at radius 1 is 1.38 bits per heavy atom. The Kier molecular flexibility index (Phi) is 3.29. The summed E-state index contributed by atoms with van der Waals surface area (Å²) < 4.78 is 0. The smallest absolute Gasteiger partial charge is 0.168 e. The number of benzene rings is 1. The molecule has 1 heterocycles. The Morgan fingerprint density at radius 2 is 2.19 bits per heavy atom. The van der Waals surface area contributed by atoms with Gasteiger partial charge in [-0.2, -0.15) is 0 Å². The summed E-state index contributed by atoms with van der Waals surface area (Å²) in [5.74, 6) is -0.588. The molecule has 3 nitrogen and oxygen atoms in total. The van der Waals surface area contributed by atoms with Gasteiger partial charge in [-0.15, -0.1) is 11.8 Å². The number of carboxylic acid groups (broad SMARTS) is 1. The molecule has 0 spiro atoms. The van der Waals surface area contributed by atoms with Crippen molar-refractivity contribution >= 4 is 23.5 Å². The van der Waals surface area contributed by atoms with E-state index in [1.807, 2.05) is 12.1 Å². The van der Waals surface area contributed by atoms with Crippen LogP contribution in [0, 0.1) is 0 Å². The Bertz CT molecular complexity index is 440. The van der Waals surface area contributed by atoms with Gasteiger partial charge < -0.3 is 9.90 Å². The number of aryl methyl sites for hydroxylation is 1. The second-order valence-electron chi connectivity index (χ2n) is 3.75. The molecule has 0 unspecified atom stereocenters. The van der Waals surface area contributed by atoms with Gasteiger partial charge in [-0.3, -0.25) is 4.79 Å². The molecule has 4 heteroatoms. The number of carboxylic acids is 1. The van der Waals surface area contributed by atoms with Gasteiger partial charge in [-0.25, -0.2) is 0 Å². The molecule has 0 bridgehead atoms. The molecule has 0 aromatic heterocycles. The Hall–Kier alpha value is -1.29. The van der Waals surface area contributed by atoms with Gasteiger partial charge in [0.1, 0.15) is 0 Å². The van der Waals surface area contributed by atoms with Crippen LogP contribution in [0.25, 0.3) is 0 Å². The standard InChI is InChI=1S/C12H12O3S/c13-10(7-12(14)15)8-3-4-11-9(6-8)2-1-5-16-11/h3-4,6H,1-2,5,7H2,(H,14,15)/p-1. The predicted molar refractivity (Wildman–Crippen MR) is 59.4 cm³/mol. The Labute approximate surface area is 97.9 Å². The van der Waals surface area contributed by atoms with Gasteiger partial charge >= 0.3 is 0 Å². The SMILES string of the molecule is O=C([O-])CC(=O)c1ccc2c(c1)CCCS2. The summed E-state index contributed by atoms with van der Waals surface area (Å²) in [5.41, 5.74) is 1.63. The fourth-order valence-corrected chi connectivity index (χ4v) is 2.79. The largest absolute Gasteiger partial charge is 0.550 e. The minimum absolute atomic E-state index is 0.377. The average molecular weight is 235 g/mol. The number of Topliss-reactive ketones (excluding diaryl/α,β-unsaturated/α-hetero) is 1. The summed E-state index contributed by atoms with van der Waals surface area (Å²) in [5, 5.41) is 10.3. The van der Waals surface area contributed by atoms with Crippen molar-refractivity contribution in [1.29, 1.82) is 0 Å². The van der Waals surface area contributed by atoms with Gasteiger partial charge in [0.2, 0.25) is 0 Å². The molecule has 1 aliphatic heterocycles. The minimum Gasteiger partial charge on any atom is -0.550 e. The molecule has 0 saturated carbocycles. The number of rotatable bonds is 3. The van der Waals surface area contributed by atoms with E-state index in [0.29, 0.717) is 5.56 Å². The van der Waals surface area contributed by atoms with Crippen LogP contribution in [0.15, 0.2) is 23.1 Å². The van der Waals surface area contributed by atoms with Crippen LogP contribution in [0.5, 0.6) is 0 Å². The van der Waals surface area contributed by atoms with E-state index in [2.05, 4.69) is 0 Å². The zero-order valence-corrected chi connectivity index (χ0v) is 9.51. The minimum atomic E-state index is -1.32. The highest BCUT2D eigenvalue weighted by Crippen LogP contribution is 2.30. The topological polar surface area (TPSA) is 57.2 Å². The van der Waals surface area contributed by atoms with Crippen LogP contribution < -0.4 is 5.11 Å². The maximum absolute atomic E-state index is 11.5. The number of thioether (sulfide) groups is 1. The van der Waals surface area contributed by atoms with Gasteiger partial charge in [0, 0.05) is 16.4 Å². The highest BCUT2D eigenvalue weighted by molar-refractivity contribution is 7.99. The molecule has 1 aromatic rings. The van der Waals surface area contributed by atoms with Crippen molar-refractivity contribution in [2.24, 2.45) is 0 Å². The van der Waals surface area contributed by atoms with Crippen LogP contribution in [-0.2, 0) is 11.2 Å². The normalized spacial score (nSPS) is 14.2. The van der Waals surface area contributed by atoms with E-state index in [-0.39, 0.29) is 5.78 Å². The predicted octanol–water partition coefficient (Wildman–Crippen LogP) is 1.05. The molecule has 0 atom stereocenters. The van der Waals surface area contributed by atoms with Crippen molar-refractivity contribution < 1.29 is 14.7 Å². The summed E-state index contributed by atoms with van der Waals surface area (Å²) in [4.78, 5) is 23.1. The van der Waals surface area contributed by atoms with Gasteiger partial charge in [0.15, 0.2) is 5.78 Å². The molecule has 0 amide bonds. The lowest BCUT2D eigenvalue weighted by molar-refractivity contribution is -0.304. The molecule has 0 radical (unpaired) electrons. The lowest BCUT2D eigenvalue weighted by atomic mass is 10.0. The maximum atomic E-state index is 11.5. The third-order valence-electron chi connectivity index (χ3n) is 2.54. The third kappa shape index (κ3) is 2.44. The molecular formula is C12H11O3S-. The molecule has 16 heavy (non-hydrogen) atoms. The number of carbonyl (C=O) groups is 2. The van der Waals surface area contributed by atoms with Crippen molar-refractivity contribution in [2.45, 2.75) is 24.2 Å². The van der Waals surface area contributed by atoms with E-state index in [1.54, 1.807) is 17.8 Å². The number of carbonyl (C=O) groups excluding carboxylic acids is 2. The number of fused-ring (bicyclic) bond motifs is 1. The van der Waals surface area contributed by atoms with Crippen LogP contribution in [0.1, 0.15) is 28.8 Å². The zero-order valence-electron chi connectivity index (χ0n) is 8.69. The lowest BCUT2D eigenvalue weighted by Gasteiger charge is -2.15. The monoisotopic (exact) mass is 235 g/mol. The summed E-state index contributed by atoms with van der Waals surface area (Å²) in [6, 6.07) is 5.41. The van der Waals surface area contributed by atoms with Crippen LogP contribution in [0.3, 0.4) is 0 Å². The zero-order chi connectivity index (χ0) is 11.5. The van der Waals surface area contributed by atoms with Gasteiger partial charge in [0.25, 0.3) is 0 Å². The Morgan fingerprint density at radius 3 is 2.94 bits per heavy atom. The highest BCUT2D eigenvalue weighted by atomic mass is 32.2. The molecule has 0 aliphatic carbocycles. The van der Waals surface area contributed by atoms with Crippen LogP contribution in [-0.4, -0.2) is 17.5 Å². The molecule has 0 fully saturated rings. The summed E-state index contributed by atoms with van der Waals surface area (Å²) in [7, 11) is 0. The molecule has 0 N–H and O–H groups in total. The van der Waals surface area contributed by atoms with E-state index in [9.17, 15) is 14.7 Å². The molecule has 1 aliphatic rings. The number of aliphatic carboxylic acids is 1. The van der Waals surface area contributed by atoms with Crippen LogP contribution >= 0.6 is 11.8 Å². The van der Waals surface area contributed by atoms with Gasteiger partial charge in [0.05, 0.1) is 6.42 Å². The van der Waals surface area contributed by atoms with Crippen LogP contribution in [0.4, 0.5) is 0 Å². The average Bonchev–Trinajstić information content (AvgIpc) is 2.27. The number of hydrogen-bond acceptors (Lipinski definition) is 4. The van der Waals surface area contributed by atoms with Gasteiger partial charge in [-0.1, -0.05) is 6.07 Å². The van der Waals surface area contributed by atoms with Crippen molar-refractivity contribution in [2.75, 3.05) is 5.75 Å². The van der Waals surface area contributed by atoms with E-state index in [0.717, 1.165) is 24.2 Å². The summed E-state index contributed by atoms with van der Waals surface area (Å²) in [6.07, 6.45) is 1.54. The molecule has 2 rings (SSSR count). The molecular weight excluding hydrogens is 224 g/mol. The maximum Gasteiger partial charge on any atom is 0.168 e. The summed E-state index contributed by atoms with van der Waals surface area (Å²) in [6.45, 7) is 0. The van der Waals surface area contributed by atoms with Crippen molar-refractivity contribution in [1.82, 2.24) is 0 Å². The van der Waals surface area contributed by atoms with Crippen molar-refractivity contribution in [3.8, 4) is 0 Å². The fraction of sp³-hybridized carbons (Fsp3) is 0.333. The third-order valence-corrected chi connectivity index (χ3v) is 3.74. The van der Waals surface area contributed by atoms with Crippen molar-refractivity contribution in [3.63, 3.8) is 0 Å². The molecule has 0 saturated heterocycles. The van der Waals surface area contributed by atoms with E-state index < -0.39 is 12.4 Å². The van der Waals surface area contributed by atoms with E-state index in [1.165, 1.54) is 4.90 Å². The Balaban J connectivity index is 2.23. The first-order valence-corrected chi connectivity index (χ1v) is 6.14. The fourth-order valence-electron chi connectivity index (χ4n) is 1.77. The number of hydrogen-bond donors (Lipinski definition) is 0. The van der Waals surface area contributed by atoms with Crippen LogP contribution in [0.2, 0.25) is 0 Å². The molecule has 1 aromatic carbocycles. The first-order valence-electron chi connectivity index (χ1n) is 5.15. The quantitative estimate of drug-likeness (QED) is 0.580. The second kappa shape index (κ2) is 4.70. The first kappa shape index (κ1) is 11.2. The van der Waals surface area contributed by atoms with E-state index >= 15 is 0 Å². The molecule has 84 valence electrons. The second-order valence-corrected chi connectivity index (χ2v) is 4.88. The first-order chi connectivity index (χ1) is 7.66. The summed E-state index contributed by atoms with van der Waals surface area (Å²) >= 11 is 1.78. The van der Waals surface area contributed by atoms with Gasteiger partial charge in [-0.05, 0) is 36.3 Å². The van der Waals surface area contributed by atoms with E-state index in [4.69, 9.17) is 0 Å². The van der Waals surface area contributed by atoms with Crippen molar-refractivity contribution in [3.05, 3.63) is 29.3 Å². The number of ketones is 1. The lowest BCUT2D eigenvalue weighted by Crippen LogP contribution is -2.25.